The van der Waals surface area contributed by atoms with Gasteiger partial charge >= 0.3 is 0 Å². The lowest BCUT2D eigenvalue weighted by atomic mass is 9.84. The van der Waals surface area contributed by atoms with E-state index in [4.69, 9.17) is 4.42 Å². The maximum absolute atomic E-state index is 12.6. The van der Waals surface area contributed by atoms with E-state index in [0.717, 1.165) is 6.54 Å². The van der Waals surface area contributed by atoms with Gasteiger partial charge in [-0.3, -0.25) is 4.79 Å². The third-order valence-electron chi connectivity index (χ3n) is 4.74. The molecule has 1 unspecified atom stereocenters. The first kappa shape index (κ1) is 12.8. The molecule has 1 aromatic carbocycles. The van der Waals surface area contributed by atoms with Crippen LogP contribution in [0.25, 0.3) is 11.1 Å². The minimum absolute atomic E-state index is 0.0346. The zero-order valence-corrected chi connectivity index (χ0v) is 12.1. The molecule has 0 spiro atoms. The SMILES string of the molecule is Cc1nc2c(C(=O)NC3CN4CCC3CC4)cccc2o1. The van der Waals surface area contributed by atoms with E-state index >= 15 is 0 Å². The van der Waals surface area contributed by atoms with Crippen molar-refractivity contribution < 1.29 is 9.21 Å². The van der Waals surface area contributed by atoms with Crippen LogP contribution in [-0.2, 0) is 0 Å². The second-order valence-corrected chi connectivity index (χ2v) is 6.10. The van der Waals surface area contributed by atoms with Crippen LogP contribution in [0.2, 0.25) is 0 Å². The highest BCUT2D eigenvalue weighted by Gasteiger charge is 2.35. The third kappa shape index (κ3) is 2.21. The number of hydrogen-bond donors (Lipinski definition) is 1. The Kier molecular flexibility index (Phi) is 2.96. The second-order valence-electron chi connectivity index (χ2n) is 6.10. The first-order valence-electron chi connectivity index (χ1n) is 7.60. The summed E-state index contributed by atoms with van der Waals surface area (Å²) in [7, 11) is 0. The maximum Gasteiger partial charge on any atom is 0.253 e. The molecule has 3 aliphatic rings. The molecule has 1 N–H and O–H groups in total. The maximum atomic E-state index is 12.6. The van der Waals surface area contributed by atoms with Crippen LogP contribution in [0.1, 0.15) is 29.1 Å². The van der Waals surface area contributed by atoms with Gasteiger partial charge in [0.05, 0.1) is 5.56 Å². The van der Waals surface area contributed by atoms with Crippen LogP contribution >= 0.6 is 0 Å². The highest BCUT2D eigenvalue weighted by molar-refractivity contribution is 6.04. The number of oxazole rings is 1. The van der Waals surface area contributed by atoms with Crippen molar-refractivity contribution in [1.29, 1.82) is 0 Å². The number of fused-ring (bicyclic) bond motifs is 4. The molecule has 3 fully saturated rings. The van der Waals surface area contributed by atoms with Crippen LogP contribution < -0.4 is 5.32 Å². The molecule has 3 aliphatic heterocycles. The molecule has 2 aromatic rings. The average molecular weight is 285 g/mol. The van der Waals surface area contributed by atoms with Crippen molar-refractivity contribution in [3.05, 3.63) is 29.7 Å². The van der Waals surface area contributed by atoms with E-state index in [0.29, 0.717) is 28.5 Å². The lowest BCUT2D eigenvalue weighted by Gasteiger charge is -2.44. The third-order valence-corrected chi connectivity index (χ3v) is 4.74. The number of nitrogens with one attached hydrogen (secondary N) is 1. The molecule has 1 aromatic heterocycles. The lowest BCUT2D eigenvalue weighted by molar-refractivity contribution is 0.0621. The minimum atomic E-state index is -0.0346. The van der Waals surface area contributed by atoms with Crippen molar-refractivity contribution in [2.75, 3.05) is 19.6 Å². The van der Waals surface area contributed by atoms with Crippen molar-refractivity contribution in [3.63, 3.8) is 0 Å². The second kappa shape index (κ2) is 4.84. The Bertz CT molecular complexity index is 686. The zero-order valence-electron chi connectivity index (χ0n) is 12.1. The summed E-state index contributed by atoms with van der Waals surface area (Å²) >= 11 is 0. The van der Waals surface area contributed by atoms with Gasteiger partial charge < -0.3 is 14.6 Å². The highest BCUT2D eigenvalue weighted by atomic mass is 16.3. The van der Waals surface area contributed by atoms with E-state index in [1.54, 1.807) is 6.92 Å². The number of aryl methyl sites for hydroxylation is 1. The van der Waals surface area contributed by atoms with Gasteiger partial charge in [0.2, 0.25) is 0 Å². The Morgan fingerprint density at radius 1 is 1.38 bits per heavy atom. The molecule has 21 heavy (non-hydrogen) atoms. The summed E-state index contributed by atoms with van der Waals surface area (Å²) in [5.74, 6) is 1.18. The Morgan fingerprint density at radius 3 is 2.90 bits per heavy atom. The molecule has 4 heterocycles. The molecular weight excluding hydrogens is 266 g/mol. The van der Waals surface area contributed by atoms with E-state index in [9.17, 15) is 4.79 Å². The predicted molar refractivity (Wildman–Crippen MR) is 79.2 cm³/mol. The summed E-state index contributed by atoms with van der Waals surface area (Å²) < 4.78 is 5.50. The van der Waals surface area contributed by atoms with Gasteiger partial charge in [-0.15, -0.1) is 0 Å². The fourth-order valence-electron chi connectivity index (χ4n) is 3.62. The molecule has 110 valence electrons. The number of carbonyl (C=O) groups excluding carboxylic acids is 1. The first-order chi connectivity index (χ1) is 10.2. The summed E-state index contributed by atoms with van der Waals surface area (Å²) in [4.78, 5) is 19.4. The van der Waals surface area contributed by atoms with Crippen molar-refractivity contribution in [2.45, 2.75) is 25.8 Å². The van der Waals surface area contributed by atoms with E-state index < -0.39 is 0 Å². The van der Waals surface area contributed by atoms with Crippen LogP contribution in [0.5, 0.6) is 0 Å². The van der Waals surface area contributed by atoms with Gasteiger partial charge in [-0.25, -0.2) is 4.98 Å². The van der Waals surface area contributed by atoms with Crippen molar-refractivity contribution in [3.8, 4) is 0 Å². The summed E-state index contributed by atoms with van der Waals surface area (Å²) in [5, 5.41) is 3.21. The molecule has 3 saturated heterocycles. The molecule has 2 bridgehead atoms. The average Bonchev–Trinajstić information content (AvgIpc) is 2.88. The fourth-order valence-corrected chi connectivity index (χ4v) is 3.62. The number of carbonyl (C=O) groups is 1. The Hall–Kier alpha value is -1.88. The number of benzene rings is 1. The Labute approximate surface area is 123 Å². The monoisotopic (exact) mass is 285 g/mol. The standard InChI is InChI=1S/C16H19N3O2/c1-10-17-15-12(3-2-4-14(15)21-10)16(20)18-13-9-19-7-5-11(13)6-8-19/h2-4,11,13H,5-9H2,1H3,(H,18,20). The van der Waals surface area contributed by atoms with Crippen LogP contribution in [0.15, 0.2) is 22.6 Å². The molecule has 0 saturated carbocycles. The van der Waals surface area contributed by atoms with Gasteiger partial charge in [0, 0.05) is 19.5 Å². The lowest BCUT2D eigenvalue weighted by Crippen LogP contribution is -2.57. The van der Waals surface area contributed by atoms with Crippen LogP contribution in [0.4, 0.5) is 0 Å². The molecule has 0 radical (unpaired) electrons. The molecular formula is C16H19N3O2. The van der Waals surface area contributed by atoms with Gasteiger partial charge in [0.1, 0.15) is 5.52 Å². The molecule has 1 amide bonds. The molecule has 1 atom stereocenters. The number of nitrogens with zero attached hydrogens (tertiary/aromatic N) is 2. The molecule has 0 aliphatic carbocycles. The number of amides is 1. The van der Waals surface area contributed by atoms with Crippen molar-refractivity contribution in [1.82, 2.24) is 15.2 Å². The van der Waals surface area contributed by atoms with Crippen molar-refractivity contribution >= 4 is 17.0 Å². The Balaban J connectivity index is 1.59. The Morgan fingerprint density at radius 2 is 2.19 bits per heavy atom. The van der Waals surface area contributed by atoms with Crippen LogP contribution in [-0.4, -0.2) is 41.5 Å². The molecule has 5 rings (SSSR count). The zero-order chi connectivity index (χ0) is 14.4. The smallest absolute Gasteiger partial charge is 0.253 e. The van der Waals surface area contributed by atoms with E-state index in [2.05, 4.69) is 15.2 Å². The molecule has 5 heteroatoms. The van der Waals surface area contributed by atoms with Crippen molar-refractivity contribution in [2.24, 2.45) is 5.92 Å². The van der Waals surface area contributed by atoms with Gasteiger partial charge in [0.15, 0.2) is 11.5 Å². The summed E-state index contributed by atoms with van der Waals surface area (Å²) in [6.45, 7) is 5.13. The van der Waals surface area contributed by atoms with Crippen LogP contribution in [0.3, 0.4) is 0 Å². The number of para-hydroxylation sites is 1. The summed E-state index contributed by atoms with van der Waals surface area (Å²) in [6.07, 6.45) is 2.39. The van der Waals surface area contributed by atoms with Gasteiger partial charge in [0.25, 0.3) is 5.91 Å². The van der Waals surface area contributed by atoms with E-state index in [1.807, 2.05) is 18.2 Å². The largest absolute Gasteiger partial charge is 0.441 e. The number of aromatic nitrogens is 1. The van der Waals surface area contributed by atoms with Gasteiger partial charge in [-0.1, -0.05) is 6.07 Å². The van der Waals surface area contributed by atoms with Gasteiger partial charge in [-0.2, -0.15) is 0 Å². The van der Waals surface area contributed by atoms with Gasteiger partial charge in [-0.05, 0) is 44.0 Å². The number of hydrogen-bond acceptors (Lipinski definition) is 4. The van der Waals surface area contributed by atoms with E-state index in [1.165, 1.54) is 25.9 Å². The summed E-state index contributed by atoms with van der Waals surface area (Å²) in [5.41, 5.74) is 1.95. The normalized spacial score (nSPS) is 28.0. The molecule has 5 nitrogen and oxygen atoms in total. The van der Waals surface area contributed by atoms with Crippen LogP contribution in [0, 0.1) is 12.8 Å². The first-order valence-corrected chi connectivity index (χ1v) is 7.60. The topological polar surface area (TPSA) is 58.4 Å². The minimum Gasteiger partial charge on any atom is -0.441 e. The van der Waals surface area contributed by atoms with E-state index in [-0.39, 0.29) is 11.9 Å². The quantitative estimate of drug-likeness (QED) is 0.916. The number of piperidine rings is 3. The number of rotatable bonds is 2. The fraction of sp³-hybridized carbons (Fsp3) is 0.500. The summed E-state index contributed by atoms with van der Waals surface area (Å²) in [6, 6.07) is 5.78. The highest BCUT2D eigenvalue weighted by Crippen LogP contribution is 2.28. The predicted octanol–water partition coefficient (Wildman–Crippen LogP) is 1.96.